The zero-order chi connectivity index (χ0) is 14.4. The predicted molar refractivity (Wildman–Crippen MR) is 85.2 cm³/mol. The Bertz CT molecular complexity index is 584. The van der Waals surface area contributed by atoms with Crippen LogP contribution in [-0.4, -0.2) is 12.8 Å². The first kappa shape index (κ1) is 14.6. The van der Waals surface area contributed by atoms with E-state index in [0.717, 1.165) is 29.5 Å². The van der Waals surface area contributed by atoms with Crippen molar-refractivity contribution in [1.29, 1.82) is 5.26 Å². The van der Waals surface area contributed by atoms with Gasteiger partial charge in [-0.05, 0) is 48.5 Å². The normalized spacial score (nSPS) is 11.7. The third kappa shape index (κ3) is 3.83. The third-order valence-electron chi connectivity index (χ3n) is 3.00. The maximum Gasteiger partial charge on any atom is 0.123 e. The van der Waals surface area contributed by atoms with Crippen LogP contribution in [0.25, 0.3) is 11.1 Å². The Morgan fingerprint density at radius 3 is 2.05 bits per heavy atom. The van der Waals surface area contributed by atoms with E-state index in [1.807, 2.05) is 36.4 Å². The van der Waals surface area contributed by atoms with Gasteiger partial charge >= 0.3 is 0 Å². The standard InChI is InChI=1S/C17H18NOP/c1-3-12-20(2)19-17-10-8-16(9-11-17)15-6-4-14(13-18)5-7-15/h4-11H,3,12H2,1-2H3. The monoisotopic (exact) mass is 283 g/mol. The maximum absolute atomic E-state index is 8.80. The second-order valence-electron chi connectivity index (χ2n) is 4.66. The minimum absolute atomic E-state index is 0.363. The minimum Gasteiger partial charge on any atom is -0.474 e. The molecule has 1 atom stereocenters. The molecule has 0 amide bonds. The first-order chi connectivity index (χ1) is 9.72. The summed E-state index contributed by atoms with van der Waals surface area (Å²) in [5.74, 6) is 0.935. The topological polar surface area (TPSA) is 33.0 Å². The Kier molecular flexibility index (Phi) is 5.16. The largest absolute Gasteiger partial charge is 0.474 e. The van der Waals surface area contributed by atoms with Crippen LogP contribution in [0.2, 0.25) is 0 Å². The van der Waals surface area contributed by atoms with Gasteiger partial charge in [0.1, 0.15) is 5.75 Å². The van der Waals surface area contributed by atoms with E-state index in [-0.39, 0.29) is 8.15 Å². The number of nitrogens with zero attached hydrogens (tertiary/aromatic N) is 1. The number of hydrogen-bond donors (Lipinski definition) is 0. The summed E-state index contributed by atoms with van der Waals surface area (Å²) in [4.78, 5) is 0. The number of benzene rings is 2. The third-order valence-corrected chi connectivity index (χ3v) is 4.60. The minimum atomic E-state index is -0.363. The Balaban J connectivity index is 2.09. The second-order valence-corrected chi connectivity index (χ2v) is 6.54. The van der Waals surface area contributed by atoms with Gasteiger partial charge in [0.25, 0.3) is 0 Å². The zero-order valence-corrected chi connectivity index (χ0v) is 12.7. The molecule has 3 heteroatoms. The highest BCUT2D eigenvalue weighted by Gasteiger charge is 2.04. The van der Waals surface area contributed by atoms with Gasteiger partial charge in [0.2, 0.25) is 0 Å². The first-order valence-electron chi connectivity index (χ1n) is 6.72. The van der Waals surface area contributed by atoms with Crippen LogP contribution in [0.4, 0.5) is 0 Å². The van der Waals surface area contributed by atoms with Crippen LogP contribution in [0.5, 0.6) is 5.75 Å². The highest BCUT2D eigenvalue weighted by atomic mass is 31.1. The Morgan fingerprint density at radius 1 is 1.00 bits per heavy atom. The quantitative estimate of drug-likeness (QED) is 0.720. The van der Waals surface area contributed by atoms with Gasteiger partial charge in [-0.25, -0.2) is 0 Å². The van der Waals surface area contributed by atoms with Gasteiger partial charge in [0.15, 0.2) is 0 Å². The molecule has 0 aliphatic rings. The molecule has 0 saturated heterocycles. The summed E-state index contributed by atoms with van der Waals surface area (Å²) >= 11 is 0. The summed E-state index contributed by atoms with van der Waals surface area (Å²) < 4.78 is 5.90. The molecule has 0 bridgehead atoms. The lowest BCUT2D eigenvalue weighted by Crippen LogP contribution is -1.90. The van der Waals surface area contributed by atoms with E-state index in [0.29, 0.717) is 5.56 Å². The van der Waals surface area contributed by atoms with E-state index in [9.17, 15) is 0 Å². The molecule has 0 spiro atoms. The van der Waals surface area contributed by atoms with Gasteiger partial charge in [-0.3, -0.25) is 0 Å². The van der Waals surface area contributed by atoms with Gasteiger partial charge in [0, 0.05) is 6.16 Å². The fourth-order valence-corrected chi connectivity index (χ4v) is 3.19. The van der Waals surface area contributed by atoms with Crippen molar-refractivity contribution in [2.45, 2.75) is 13.3 Å². The van der Waals surface area contributed by atoms with Crippen molar-refractivity contribution in [2.75, 3.05) is 12.8 Å². The molecule has 2 aromatic carbocycles. The first-order valence-corrected chi connectivity index (χ1v) is 8.62. The summed E-state index contributed by atoms with van der Waals surface area (Å²) in [6.45, 7) is 4.34. The fourth-order valence-electron chi connectivity index (χ4n) is 1.99. The number of hydrogen-bond acceptors (Lipinski definition) is 2. The van der Waals surface area contributed by atoms with Crippen molar-refractivity contribution in [3.8, 4) is 22.9 Å². The van der Waals surface area contributed by atoms with Crippen LogP contribution in [0.1, 0.15) is 18.9 Å². The SMILES string of the molecule is CCCP(C)Oc1ccc(-c2ccc(C#N)cc2)cc1. The molecule has 1 unspecified atom stereocenters. The highest BCUT2D eigenvalue weighted by molar-refractivity contribution is 7.52. The van der Waals surface area contributed by atoms with E-state index in [1.54, 1.807) is 0 Å². The smallest absolute Gasteiger partial charge is 0.123 e. The van der Waals surface area contributed by atoms with E-state index >= 15 is 0 Å². The molecule has 0 radical (unpaired) electrons. The average Bonchev–Trinajstić information content (AvgIpc) is 2.48. The predicted octanol–water partition coefficient (Wildman–Crippen LogP) is 5.04. The molecule has 0 saturated carbocycles. The van der Waals surface area contributed by atoms with Crippen LogP contribution < -0.4 is 4.52 Å². The van der Waals surface area contributed by atoms with Crippen LogP contribution in [0, 0.1) is 11.3 Å². The van der Waals surface area contributed by atoms with Crippen LogP contribution in [0.15, 0.2) is 48.5 Å². The molecule has 2 aromatic rings. The molecule has 0 N–H and O–H groups in total. The van der Waals surface area contributed by atoms with E-state index < -0.39 is 0 Å². The maximum atomic E-state index is 8.80. The molecule has 2 nitrogen and oxygen atoms in total. The second kappa shape index (κ2) is 7.08. The van der Waals surface area contributed by atoms with E-state index in [1.165, 1.54) is 0 Å². The van der Waals surface area contributed by atoms with Crippen molar-refractivity contribution in [3.63, 3.8) is 0 Å². The molecule has 102 valence electrons. The molecule has 0 aromatic heterocycles. The van der Waals surface area contributed by atoms with Gasteiger partial charge in [-0.1, -0.05) is 31.2 Å². The van der Waals surface area contributed by atoms with Gasteiger partial charge in [-0.15, -0.1) is 0 Å². The summed E-state index contributed by atoms with van der Waals surface area (Å²) in [5.41, 5.74) is 2.94. The molecular weight excluding hydrogens is 265 g/mol. The van der Waals surface area contributed by atoms with Crippen molar-refractivity contribution in [1.82, 2.24) is 0 Å². The van der Waals surface area contributed by atoms with Crippen molar-refractivity contribution < 1.29 is 4.52 Å². The van der Waals surface area contributed by atoms with Gasteiger partial charge < -0.3 is 4.52 Å². The van der Waals surface area contributed by atoms with Gasteiger partial charge in [0.05, 0.1) is 19.8 Å². The lowest BCUT2D eigenvalue weighted by atomic mass is 10.0. The number of nitriles is 1. The highest BCUT2D eigenvalue weighted by Crippen LogP contribution is 2.35. The zero-order valence-electron chi connectivity index (χ0n) is 11.8. The summed E-state index contributed by atoms with van der Waals surface area (Å²) in [7, 11) is -0.363. The van der Waals surface area contributed by atoms with E-state index in [2.05, 4.69) is 31.8 Å². The molecule has 20 heavy (non-hydrogen) atoms. The summed E-state index contributed by atoms with van der Waals surface area (Å²) in [6.07, 6.45) is 2.29. The van der Waals surface area contributed by atoms with Gasteiger partial charge in [-0.2, -0.15) is 5.26 Å². The van der Waals surface area contributed by atoms with Crippen molar-refractivity contribution in [3.05, 3.63) is 54.1 Å². The lowest BCUT2D eigenvalue weighted by Gasteiger charge is -2.13. The molecule has 0 heterocycles. The van der Waals surface area contributed by atoms with Crippen LogP contribution >= 0.6 is 8.15 Å². The van der Waals surface area contributed by atoms with Crippen molar-refractivity contribution >= 4 is 8.15 Å². The van der Waals surface area contributed by atoms with Crippen LogP contribution in [0.3, 0.4) is 0 Å². The van der Waals surface area contributed by atoms with Crippen LogP contribution in [-0.2, 0) is 0 Å². The molecule has 0 fully saturated rings. The number of rotatable bonds is 5. The average molecular weight is 283 g/mol. The van der Waals surface area contributed by atoms with Crippen molar-refractivity contribution in [2.24, 2.45) is 0 Å². The summed E-state index contributed by atoms with van der Waals surface area (Å²) in [6, 6.07) is 17.9. The lowest BCUT2D eigenvalue weighted by molar-refractivity contribution is 0.616. The Morgan fingerprint density at radius 2 is 1.55 bits per heavy atom. The Hall–Kier alpha value is -1.84. The summed E-state index contributed by atoms with van der Waals surface area (Å²) in [5, 5.41) is 8.80. The molecule has 0 aliphatic carbocycles. The molecule has 0 aliphatic heterocycles. The Labute approximate surface area is 121 Å². The molecule has 2 rings (SSSR count). The van der Waals surface area contributed by atoms with E-state index in [4.69, 9.17) is 9.79 Å². The fraction of sp³-hybridized carbons (Fsp3) is 0.235. The molecular formula is C17H18NOP.